The zero-order valence-electron chi connectivity index (χ0n) is 13.8. The average molecular weight is 418 g/mol. The van der Waals surface area contributed by atoms with Gasteiger partial charge in [0.05, 0.1) is 5.02 Å². The minimum absolute atomic E-state index is 0.149. The van der Waals surface area contributed by atoms with Crippen LogP contribution in [0.25, 0.3) is 17.4 Å². The molecule has 0 spiro atoms. The van der Waals surface area contributed by atoms with E-state index in [4.69, 9.17) is 39.8 Å². The second-order valence-electron chi connectivity index (χ2n) is 5.32. The molecule has 1 amide bonds. The summed E-state index contributed by atoms with van der Waals surface area (Å²) in [5.74, 6) is 1.21. The van der Waals surface area contributed by atoms with Crippen LogP contribution in [0, 0.1) is 0 Å². The van der Waals surface area contributed by atoms with Gasteiger partial charge in [-0.25, -0.2) is 4.98 Å². The molecule has 0 saturated heterocycles. The van der Waals surface area contributed by atoms with E-state index < -0.39 is 5.91 Å². The van der Waals surface area contributed by atoms with Gasteiger partial charge in [-0.3, -0.25) is 10.1 Å². The zero-order valence-corrected chi connectivity index (χ0v) is 16.1. The number of benzene rings is 1. The number of aromatic nitrogens is 1. The zero-order chi connectivity index (χ0) is 19.2. The summed E-state index contributed by atoms with van der Waals surface area (Å²) in [6.45, 7) is 0. The van der Waals surface area contributed by atoms with E-state index in [1.54, 1.807) is 54.7 Å². The Morgan fingerprint density at radius 3 is 2.74 bits per heavy atom. The summed E-state index contributed by atoms with van der Waals surface area (Å²) >= 11 is 17.1. The first-order valence-electron chi connectivity index (χ1n) is 7.77. The van der Waals surface area contributed by atoms with Crippen molar-refractivity contribution in [3.8, 4) is 11.3 Å². The Morgan fingerprint density at radius 2 is 2.00 bits per heavy atom. The Balaban J connectivity index is 1.60. The van der Waals surface area contributed by atoms with Crippen molar-refractivity contribution in [3.05, 3.63) is 76.6 Å². The molecule has 0 saturated carbocycles. The van der Waals surface area contributed by atoms with E-state index in [2.05, 4.69) is 15.6 Å². The molecule has 2 aromatic heterocycles. The molecule has 0 fully saturated rings. The molecule has 3 aromatic rings. The highest BCUT2D eigenvalue weighted by atomic mass is 35.5. The van der Waals surface area contributed by atoms with E-state index in [9.17, 15) is 4.79 Å². The third kappa shape index (κ3) is 5.40. The van der Waals surface area contributed by atoms with Crippen molar-refractivity contribution < 1.29 is 9.21 Å². The Kier molecular flexibility index (Phi) is 6.24. The van der Waals surface area contributed by atoms with Gasteiger partial charge in [0.1, 0.15) is 17.3 Å². The molecular formula is C19H13Cl2N3O2S. The molecule has 136 valence electrons. The summed E-state index contributed by atoms with van der Waals surface area (Å²) in [6, 6.07) is 14.0. The number of carbonyl (C=O) groups is 1. The number of nitrogens with zero attached hydrogens (tertiary/aromatic N) is 1. The molecule has 5 nitrogen and oxygen atoms in total. The summed E-state index contributed by atoms with van der Waals surface area (Å²) in [5.41, 5.74) is 0.714. The fourth-order valence-corrected chi connectivity index (χ4v) is 2.88. The van der Waals surface area contributed by atoms with Gasteiger partial charge in [0.2, 0.25) is 5.91 Å². The van der Waals surface area contributed by atoms with E-state index in [0.29, 0.717) is 32.9 Å². The van der Waals surface area contributed by atoms with Crippen molar-refractivity contribution >= 4 is 58.3 Å². The van der Waals surface area contributed by atoms with Crippen molar-refractivity contribution in [2.75, 3.05) is 5.32 Å². The number of carbonyl (C=O) groups excluding carboxylic acids is 1. The van der Waals surface area contributed by atoms with Crippen LogP contribution in [0.5, 0.6) is 0 Å². The lowest BCUT2D eigenvalue weighted by molar-refractivity contribution is -0.115. The first-order valence-corrected chi connectivity index (χ1v) is 8.94. The van der Waals surface area contributed by atoms with Gasteiger partial charge in [-0.05, 0) is 60.8 Å². The number of hydrogen-bond acceptors (Lipinski definition) is 4. The van der Waals surface area contributed by atoms with Gasteiger partial charge in [0.15, 0.2) is 5.11 Å². The van der Waals surface area contributed by atoms with Gasteiger partial charge in [-0.1, -0.05) is 29.3 Å². The molecule has 0 aliphatic heterocycles. The van der Waals surface area contributed by atoms with Gasteiger partial charge < -0.3 is 9.73 Å². The summed E-state index contributed by atoms with van der Waals surface area (Å²) in [5, 5.41) is 6.52. The monoisotopic (exact) mass is 417 g/mol. The van der Waals surface area contributed by atoms with Crippen molar-refractivity contribution in [1.29, 1.82) is 0 Å². The molecule has 0 radical (unpaired) electrons. The van der Waals surface area contributed by atoms with Crippen LogP contribution in [0.4, 0.5) is 5.82 Å². The van der Waals surface area contributed by atoms with Gasteiger partial charge in [-0.15, -0.1) is 0 Å². The molecule has 1 aromatic carbocycles. The molecule has 0 aliphatic rings. The van der Waals surface area contributed by atoms with Crippen LogP contribution in [0.3, 0.4) is 0 Å². The van der Waals surface area contributed by atoms with Gasteiger partial charge in [0.25, 0.3) is 0 Å². The molecule has 2 N–H and O–H groups in total. The maximum atomic E-state index is 12.0. The maximum Gasteiger partial charge on any atom is 0.250 e. The Hall–Kier alpha value is -2.67. The lowest BCUT2D eigenvalue weighted by Gasteiger charge is -2.06. The predicted octanol–water partition coefficient (Wildman–Crippen LogP) is 5.17. The van der Waals surface area contributed by atoms with Crippen LogP contribution in [0.2, 0.25) is 10.0 Å². The summed E-state index contributed by atoms with van der Waals surface area (Å²) < 4.78 is 5.69. The van der Waals surface area contributed by atoms with Gasteiger partial charge in [0, 0.05) is 22.9 Å². The van der Waals surface area contributed by atoms with Crippen LogP contribution in [0.15, 0.2) is 65.2 Å². The number of pyridine rings is 1. The molecule has 27 heavy (non-hydrogen) atoms. The second kappa shape index (κ2) is 8.81. The molecule has 3 rings (SSSR count). The normalized spacial score (nSPS) is 10.7. The summed E-state index contributed by atoms with van der Waals surface area (Å²) in [7, 11) is 0. The van der Waals surface area contributed by atoms with Gasteiger partial charge in [-0.2, -0.15) is 0 Å². The molecular weight excluding hydrogens is 405 g/mol. The minimum Gasteiger partial charge on any atom is -0.457 e. The smallest absolute Gasteiger partial charge is 0.250 e. The Bertz CT molecular complexity index is 1000. The number of thiocarbonyl (C=S) groups is 1. The third-order valence-electron chi connectivity index (χ3n) is 3.37. The van der Waals surface area contributed by atoms with E-state index in [1.165, 1.54) is 12.2 Å². The third-order valence-corrected chi connectivity index (χ3v) is 4.12. The van der Waals surface area contributed by atoms with E-state index in [1.807, 2.05) is 0 Å². The van der Waals surface area contributed by atoms with E-state index in [0.717, 1.165) is 0 Å². The maximum absolute atomic E-state index is 12.0. The first kappa shape index (κ1) is 19.1. The molecule has 0 unspecified atom stereocenters. The first-order chi connectivity index (χ1) is 13.0. The number of nitrogens with one attached hydrogen (secondary N) is 2. The fraction of sp³-hybridized carbons (Fsp3) is 0. The van der Waals surface area contributed by atoms with Crippen molar-refractivity contribution in [2.24, 2.45) is 0 Å². The van der Waals surface area contributed by atoms with Crippen LogP contribution < -0.4 is 10.6 Å². The van der Waals surface area contributed by atoms with Crippen LogP contribution >= 0.6 is 35.4 Å². The highest BCUT2D eigenvalue weighted by Crippen LogP contribution is 2.31. The van der Waals surface area contributed by atoms with Crippen molar-refractivity contribution in [1.82, 2.24) is 10.3 Å². The summed E-state index contributed by atoms with van der Waals surface area (Å²) in [6.07, 6.45) is 4.47. The van der Waals surface area contributed by atoms with E-state index >= 15 is 0 Å². The average Bonchev–Trinajstić information content (AvgIpc) is 3.09. The molecule has 0 aliphatic carbocycles. The minimum atomic E-state index is -0.397. The lowest BCUT2D eigenvalue weighted by Crippen LogP contribution is -2.33. The highest BCUT2D eigenvalue weighted by Gasteiger charge is 2.09. The highest BCUT2D eigenvalue weighted by molar-refractivity contribution is 7.80. The molecule has 2 heterocycles. The van der Waals surface area contributed by atoms with Crippen molar-refractivity contribution in [2.45, 2.75) is 0 Å². The molecule has 0 bridgehead atoms. The molecule has 8 heteroatoms. The fourth-order valence-electron chi connectivity index (χ4n) is 2.17. The number of amides is 1. The van der Waals surface area contributed by atoms with Gasteiger partial charge >= 0.3 is 0 Å². The Morgan fingerprint density at radius 1 is 1.15 bits per heavy atom. The van der Waals surface area contributed by atoms with Crippen LogP contribution in [-0.2, 0) is 4.79 Å². The largest absolute Gasteiger partial charge is 0.457 e. The van der Waals surface area contributed by atoms with Crippen LogP contribution in [0.1, 0.15) is 5.76 Å². The predicted molar refractivity (Wildman–Crippen MR) is 112 cm³/mol. The van der Waals surface area contributed by atoms with Crippen LogP contribution in [-0.4, -0.2) is 16.0 Å². The topological polar surface area (TPSA) is 67.2 Å². The summed E-state index contributed by atoms with van der Waals surface area (Å²) in [4.78, 5) is 16.0. The number of halogens is 2. The number of anilines is 1. The standard InChI is InChI=1S/C19H13Cl2N3O2S/c20-12-4-7-14(15(21)11-12)16-8-5-13(26-16)6-9-18(25)24-19(27)23-17-3-1-2-10-22-17/h1-11H,(H2,22,23,24,25,27)/b9-6+. The Labute approximate surface area is 171 Å². The lowest BCUT2D eigenvalue weighted by atomic mass is 10.2. The second-order valence-corrected chi connectivity index (χ2v) is 6.57. The SMILES string of the molecule is O=C(/C=C/c1ccc(-c2ccc(Cl)cc2Cl)o1)NC(=S)Nc1ccccn1. The van der Waals surface area contributed by atoms with Crippen molar-refractivity contribution in [3.63, 3.8) is 0 Å². The molecule has 0 atom stereocenters. The number of rotatable bonds is 4. The number of hydrogen-bond donors (Lipinski definition) is 2. The quantitative estimate of drug-likeness (QED) is 0.452. The number of furan rings is 1. The van der Waals surface area contributed by atoms with E-state index in [-0.39, 0.29) is 5.11 Å².